The number of amides is 2. The number of carboxylic acids is 1. The second-order valence-corrected chi connectivity index (χ2v) is 3.26. The smallest absolute Gasteiger partial charge is 0.323 e. The minimum Gasteiger partial charge on any atom is -0.480 e. The van der Waals surface area contributed by atoms with E-state index in [1.54, 1.807) is 0 Å². The number of carbonyl (C=O) groups excluding carboxylic acids is 1. The number of hydrogen-bond donors (Lipinski definition) is 3. The summed E-state index contributed by atoms with van der Waals surface area (Å²) >= 11 is 5.51. The standard InChI is InChI=1S/C9H8ClFN2O3/c10-5-1-2-7(6(11)3-5)13-9(16)12-4-8(14)15/h1-3H,4H2,(H,14,15)(H2,12,13,16). The fourth-order valence-corrected chi connectivity index (χ4v) is 1.07. The molecule has 0 fully saturated rings. The Morgan fingerprint density at radius 1 is 1.44 bits per heavy atom. The van der Waals surface area contributed by atoms with E-state index in [1.165, 1.54) is 12.1 Å². The van der Waals surface area contributed by atoms with Crippen molar-refractivity contribution in [3.63, 3.8) is 0 Å². The first-order valence-corrected chi connectivity index (χ1v) is 4.58. The van der Waals surface area contributed by atoms with Crippen molar-refractivity contribution in [2.24, 2.45) is 0 Å². The molecular weight excluding hydrogens is 239 g/mol. The Morgan fingerprint density at radius 2 is 2.12 bits per heavy atom. The Labute approximate surface area is 95.2 Å². The van der Waals surface area contributed by atoms with Crippen molar-refractivity contribution >= 4 is 29.3 Å². The summed E-state index contributed by atoms with van der Waals surface area (Å²) in [5.74, 6) is -1.88. The summed E-state index contributed by atoms with van der Waals surface area (Å²) in [7, 11) is 0. The monoisotopic (exact) mass is 246 g/mol. The van der Waals surface area contributed by atoms with E-state index in [4.69, 9.17) is 16.7 Å². The highest BCUT2D eigenvalue weighted by Gasteiger charge is 2.07. The molecule has 0 spiro atoms. The second kappa shape index (κ2) is 5.32. The van der Waals surface area contributed by atoms with Crippen LogP contribution in [0.25, 0.3) is 0 Å². The predicted molar refractivity (Wildman–Crippen MR) is 56.1 cm³/mol. The fourth-order valence-electron chi connectivity index (χ4n) is 0.913. The van der Waals surface area contributed by atoms with Crippen molar-refractivity contribution < 1.29 is 19.1 Å². The number of benzene rings is 1. The molecule has 0 aliphatic heterocycles. The molecule has 16 heavy (non-hydrogen) atoms. The molecule has 0 saturated carbocycles. The number of halogens is 2. The molecule has 1 aromatic carbocycles. The van der Waals surface area contributed by atoms with E-state index in [9.17, 15) is 14.0 Å². The van der Waals surface area contributed by atoms with Crippen LogP contribution in [0.5, 0.6) is 0 Å². The number of anilines is 1. The van der Waals surface area contributed by atoms with Gasteiger partial charge in [-0.2, -0.15) is 0 Å². The van der Waals surface area contributed by atoms with Gasteiger partial charge in [0, 0.05) is 5.02 Å². The van der Waals surface area contributed by atoms with Crippen LogP contribution in [-0.4, -0.2) is 23.7 Å². The SMILES string of the molecule is O=C(O)CNC(=O)Nc1ccc(Cl)cc1F. The highest BCUT2D eigenvalue weighted by atomic mass is 35.5. The van der Waals surface area contributed by atoms with E-state index in [0.717, 1.165) is 6.07 Å². The first-order chi connectivity index (χ1) is 7.49. The van der Waals surface area contributed by atoms with Crippen molar-refractivity contribution in [3.05, 3.63) is 29.0 Å². The topological polar surface area (TPSA) is 78.4 Å². The largest absolute Gasteiger partial charge is 0.480 e. The first-order valence-electron chi connectivity index (χ1n) is 4.20. The molecule has 0 aliphatic rings. The Bertz CT molecular complexity index is 425. The Hall–Kier alpha value is -1.82. The molecule has 5 nitrogen and oxygen atoms in total. The minimum atomic E-state index is -1.19. The van der Waals surface area contributed by atoms with Crippen molar-refractivity contribution in [3.8, 4) is 0 Å². The summed E-state index contributed by atoms with van der Waals surface area (Å²) in [6, 6.07) is 2.91. The van der Waals surface area contributed by atoms with Gasteiger partial charge in [0.15, 0.2) is 0 Å². The van der Waals surface area contributed by atoms with E-state index < -0.39 is 24.4 Å². The lowest BCUT2D eigenvalue weighted by Crippen LogP contribution is -2.33. The number of hydrogen-bond acceptors (Lipinski definition) is 2. The van der Waals surface area contributed by atoms with Crippen molar-refractivity contribution in [1.29, 1.82) is 0 Å². The quantitative estimate of drug-likeness (QED) is 0.759. The lowest BCUT2D eigenvalue weighted by molar-refractivity contribution is -0.135. The maximum atomic E-state index is 13.2. The molecule has 0 unspecified atom stereocenters. The zero-order valence-electron chi connectivity index (χ0n) is 7.96. The van der Waals surface area contributed by atoms with Crippen LogP contribution >= 0.6 is 11.6 Å². The minimum absolute atomic E-state index is 0.0766. The van der Waals surface area contributed by atoms with Gasteiger partial charge in [0.2, 0.25) is 0 Å². The number of carbonyl (C=O) groups is 2. The zero-order valence-corrected chi connectivity index (χ0v) is 8.71. The van der Waals surface area contributed by atoms with Crippen LogP contribution in [0, 0.1) is 5.82 Å². The maximum absolute atomic E-state index is 13.2. The van der Waals surface area contributed by atoms with Gasteiger partial charge in [-0.05, 0) is 18.2 Å². The molecule has 0 saturated heterocycles. The average molecular weight is 247 g/mol. The molecule has 0 bridgehead atoms. The molecule has 1 aromatic rings. The summed E-state index contributed by atoms with van der Waals surface area (Å²) in [5.41, 5.74) is -0.0766. The number of rotatable bonds is 3. The lowest BCUT2D eigenvalue weighted by atomic mass is 10.3. The summed E-state index contributed by atoms with van der Waals surface area (Å²) in [6.07, 6.45) is 0. The maximum Gasteiger partial charge on any atom is 0.323 e. The zero-order chi connectivity index (χ0) is 12.1. The molecular formula is C9H8ClFN2O3. The Balaban J connectivity index is 2.59. The van der Waals surface area contributed by atoms with Gasteiger partial charge in [-0.15, -0.1) is 0 Å². The molecule has 0 aliphatic carbocycles. The Kier molecular flexibility index (Phi) is 4.07. The van der Waals surface area contributed by atoms with E-state index >= 15 is 0 Å². The normalized spacial score (nSPS) is 9.62. The number of aliphatic carboxylic acids is 1. The van der Waals surface area contributed by atoms with E-state index in [1.807, 2.05) is 5.32 Å². The first kappa shape index (κ1) is 12.3. The van der Waals surface area contributed by atoms with Crippen molar-refractivity contribution in [2.75, 3.05) is 11.9 Å². The number of nitrogens with one attached hydrogen (secondary N) is 2. The van der Waals surface area contributed by atoms with Crippen LogP contribution in [-0.2, 0) is 4.79 Å². The van der Waals surface area contributed by atoms with Gasteiger partial charge >= 0.3 is 12.0 Å². The highest BCUT2D eigenvalue weighted by Crippen LogP contribution is 2.18. The molecule has 86 valence electrons. The van der Waals surface area contributed by atoms with Crippen LogP contribution in [0.1, 0.15) is 0 Å². The van der Waals surface area contributed by atoms with Gasteiger partial charge in [-0.1, -0.05) is 11.6 Å². The van der Waals surface area contributed by atoms with Crippen LogP contribution in [0.4, 0.5) is 14.9 Å². The van der Waals surface area contributed by atoms with E-state index in [2.05, 4.69) is 5.32 Å². The molecule has 1 rings (SSSR count). The van der Waals surface area contributed by atoms with E-state index in [-0.39, 0.29) is 10.7 Å². The van der Waals surface area contributed by atoms with Gasteiger partial charge < -0.3 is 15.7 Å². The third-order valence-corrected chi connectivity index (χ3v) is 1.81. The summed E-state index contributed by atoms with van der Waals surface area (Å²) in [5, 5.41) is 12.7. The van der Waals surface area contributed by atoms with Crippen LogP contribution < -0.4 is 10.6 Å². The second-order valence-electron chi connectivity index (χ2n) is 2.83. The molecule has 7 heteroatoms. The lowest BCUT2D eigenvalue weighted by Gasteiger charge is -2.06. The Morgan fingerprint density at radius 3 is 2.69 bits per heavy atom. The molecule has 3 N–H and O–H groups in total. The van der Waals surface area contributed by atoms with Gasteiger partial charge in [0.25, 0.3) is 0 Å². The van der Waals surface area contributed by atoms with Crippen LogP contribution in [0.3, 0.4) is 0 Å². The molecule has 2 amide bonds. The fraction of sp³-hybridized carbons (Fsp3) is 0.111. The molecule has 0 atom stereocenters. The third-order valence-electron chi connectivity index (χ3n) is 1.58. The summed E-state index contributed by atoms with van der Waals surface area (Å²) in [4.78, 5) is 21.2. The van der Waals surface area contributed by atoms with Gasteiger partial charge in [-0.25, -0.2) is 9.18 Å². The van der Waals surface area contributed by atoms with Crippen LogP contribution in [0.15, 0.2) is 18.2 Å². The average Bonchev–Trinajstić information content (AvgIpc) is 2.19. The van der Waals surface area contributed by atoms with Crippen molar-refractivity contribution in [2.45, 2.75) is 0 Å². The predicted octanol–water partition coefficient (Wildman–Crippen LogP) is 1.69. The van der Waals surface area contributed by atoms with Gasteiger partial charge in [0.1, 0.15) is 12.4 Å². The van der Waals surface area contributed by atoms with Gasteiger partial charge in [0.05, 0.1) is 5.69 Å². The number of urea groups is 1. The summed E-state index contributed by atoms with van der Waals surface area (Å²) in [6.45, 7) is -0.541. The van der Waals surface area contributed by atoms with Crippen LogP contribution in [0.2, 0.25) is 5.02 Å². The highest BCUT2D eigenvalue weighted by molar-refractivity contribution is 6.30. The molecule has 0 radical (unpaired) electrons. The van der Waals surface area contributed by atoms with Crippen molar-refractivity contribution in [1.82, 2.24) is 5.32 Å². The van der Waals surface area contributed by atoms with E-state index in [0.29, 0.717) is 0 Å². The van der Waals surface area contributed by atoms with Gasteiger partial charge in [-0.3, -0.25) is 4.79 Å². The number of carboxylic acid groups (broad SMARTS) is 1. The molecule has 0 heterocycles. The molecule has 0 aromatic heterocycles. The summed E-state index contributed by atoms with van der Waals surface area (Å²) < 4.78 is 13.2. The third kappa shape index (κ3) is 3.74.